The van der Waals surface area contributed by atoms with Gasteiger partial charge in [0.2, 0.25) is 15.9 Å². The summed E-state index contributed by atoms with van der Waals surface area (Å²) in [5, 5.41) is 3.43. The van der Waals surface area contributed by atoms with E-state index in [1.165, 1.54) is 43.7 Å². The number of carbonyl (C=O) groups excluding carboxylic acids is 1. The molecule has 6 nitrogen and oxygen atoms in total. The van der Waals surface area contributed by atoms with Gasteiger partial charge in [0.1, 0.15) is 4.90 Å². The van der Waals surface area contributed by atoms with Crippen molar-refractivity contribution in [3.05, 3.63) is 47.7 Å². The topological polar surface area (TPSA) is 79.4 Å². The zero-order valence-corrected chi connectivity index (χ0v) is 16.2. The zero-order chi connectivity index (χ0) is 18.6. The molecule has 2 aromatic rings. The van der Waals surface area contributed by atoms with Gasteiger partial charge >= 0.3 is 0 Å². The Labute approximate surface area is 152 Å². The highest BCUT2D eigenvalue weighted by Gasteiger charge is 2.17. The molecule has 2 rings (SSSR count). The quantitative estimate of drug-likeness (QED) is 0.781. The third kappa shape index (κ3) is 5.04. The number of aryl methyl sites for hydroxylation is 2. The second-order valence-electron chi connectivity index (χ2n) is 5.76. The molecule has 8 heteroatoms. The van der Waals surface area contributed by atoms with Crippen LogP contribution in [0.4, 0.5) is 5.69 Å². The molecule has 1 aromatic heterocycles. The molecule has 0 fully saturated rings. The molecule has 0 radical (unpaired) electrons. The first-order chi connectivity index (χ1) is 11.7. The summed E-state index contributed by atoms with van der Waals surface area (Å²) in [6, 6.07) is 8.85. The highest BCUT2D eigenvalue weighted by Crippen LogP contribution is 2.19. The van der Waals surface area contributed by atoms with Crippen LogP contribution in [-0.2, 0) is 14.8 Å². The van der Waals surface area contributed by atoms with Crippen LogP contribution in [0, 0.1) is 13.8 Å². The van der Waals surface area contributed by atoms with E-state index in [0.717, 1.165) is 15.6 Å². The largest absolute Gasteiger partial charge is 0.325 e. The number of sulfonamides is 1. The Morgan fingerprint density at radius 2 is 1.88 bits per heavy atom. The molecule has 0 spiro atoms. The summed E-state index contributed by atoms with van der Waals surface area (Å²) in [6.45, 7) is 4.01. The molecule has 0 atom stereocenters. The molecule has 0 unspecified atom stereocenters. The SMILES string of the molecule is Cc1ccc(NC(=O)CSc2ccc(S(=O)(=O)N(C)C)cn2)cc1C. The fourth-order valence-corrected chi connectivity index (χ4v) is 3.46. The molecule has 1 amide bonds. The minimum absolute atomic E-state index is 0.126. The number of thioether (sulfide) groups is 1. The van der Waals surface area contributed by atoms with Gasteiger partial charge in [-0.1, -0.05) is 17.8 Å². The van der Waals surface area contributed by atoms with Crippen LogP contribution in [0.2, 0.25) is 0 Å². The van der Waals surface area contributed by atoms with E-state index in [2.05, 4.69) is 10.3 Å². The van der Waals surface area contributed by atoms with Crippen LogP contribution < -0.4 is 5.32 Å². The van der Waals surface area contributed by atoms with Gasteiger partial charge in [0.05, 0.1) is 10.8 Å². The van der Waals surface area contributed by atoms with Gasteiger partial charge in [0, 0.05) is 26.0 Å². The summed E-state index contributed by atoms with van der Waals surface area (Å²) in [5.74, 6) is 0.0553. The minimum Gasteiger partial charge on any atom is -0.325 e. The molecular weight excluding hydrogens is 358 g/mol. The standard InChI is InChI=1S/C17H21N3O3S2/c1-12-5-6-14(9-13(12)2)19-16(21)11-24-17-8-7-15(10-18-17)25(22,23)20(3)4/h5-10H,11H2,1-4H3,(H,19,21). The molecule has 25 heavy (non-hydrogen) atoms. The van der Waals surface area contributed by atoms with Gasteiger partial charge in [-0.2, -0.15) is 0 Å². The molecule has 1 heterocycles. The number of carbonyl (C=O) groups is 1. The number of benzene rings is 1. The summed E-state index contributed by atoms with van der Waals surface area (Å²) < 4.78 is 25.1. The average molecular weight is 380 g/mol. The third-order valence-electron chi connectivity index (χ3n) is 3.63. The van der Waals surface area contributed by atoms with Crippen LogP contribution in [0.25, 0.3) is 0 Å². The number of pyridine rings is 1. The zero-order valence-electron chi connectivity index (χ0n) is 14.6. The lowest BCUT2D eigenvalue weighted by Gasteiger charge is -2.11. The van der Waals surface area contributed by atoms with Gasteiger partial charge in [-0.3, -0.25) is 4.79 Å². The van der Waals surface area contributed by atoms with Gasteiger partial charge in [-0.05, 0) is 49.2 Å². The minimum atomic E-state index is -3.49. The third-order valence-corrected chi connectivity index (χ3v) is 6.37. The first-order valence-corrected chi connectivity index (χ1v) is 10.0. The van der Waals surface area contributed by atoms with Crippen molar-refractivity contribution in [1.29, 1.82) is 0 Å². The molecule has 0 saturated carbocycles. The van der Waals surface area contributed by atoms with Crippen molar-refractivity contribution in [2.45, 2.75) is 23.8 Å². The van der Waals surface area contributed by atoms with Crippen molar-refractivity contribution in [3.63, 3.8) is 0 Å². The van der Waals surface area contributed by atoms with E-state index in [9.17, 15) is 13.2 Å². The average Bonchev–Trinajstić information content (AvgIpc) is 2.56. The Morgan fingerprint density at radius 3 is 2.44 bits per heavy atom. The van der Waals surface area contributed by atoms with Crippen molar-refractivity contribution in [2.75, 3.05) is 25.2 Å². The van der Waals surface area contributed by atoms with Crippen molar-refractivity contribution in [2.24, 2.45) is 0 Å². The number of anilines is 1. The summed E-state index contributed by atoms with van der Waals surface area (Å²) >= 11 is 1.25. The maximum atomic E-state index is 12.0. The van der Waals surface area contributed by atoms with Crippen molar-refractivity contribution in [1.82, 2.24) is 9.29 Å². The van der Waals surface area contributed by atoms with Crippen LogP contribution in [0.15, 0.2) is 46.5 Å². The maximum Gasteiger partial charge on any atom is 0.244 e. The van der Waals surface area contributed by atoms with Crippen LogP contribution >= 0.6 is 11.8 Å². The van der Waals surface area contributed by atoms with Crippen molar-refractivity contribution in [3.8, 4) is 0 Å². The molecule has 0 aliphatic carbocycles. The first-order valence-electron chi connectivity index (χ1n) is 7.58. The Hall–Kier alpha value is -1.90. The van der Waals surface area contributed by atoms with E-state index >= 15 is 0 Å². The fourth-order valence-electron chi connectivity index (χ4n) is 1.97. The molecular formula is C17H21N3O3S2. The number of amides is 1. The second kappa shape index (κ2) is 7.99. The molecule has 1 aromatic carbocycles. The van der Waals surface area contributed by atoms with Crippen LogP contribution in [0.3, 0.4) is 0 Å². The summed E-state index contributed by atoms with van der Waals surface area (Å²) in [7, 11) is -0.556. The Morgan fingerprint density at radius 1 is 1.16 bits per heavy atom. The van der Waals surface area contributed by atoms with E-state index in [1.54, 1.807) is 6.07 Å². The lowest BCUT2D eigenvalue weighted by atomic mass is 10.1. The molecule has 134 valence electrons. The van der Waals surface area contributed by atoms with Gasteiger partial charge < -0.3 is 5.32 Å². The number of rotatable bonds is 6. The fraction of sp³-hybridized carbons (Fsp3) is 0.294. The van der Waals surface area contributed by atoms with E-state index in [0.29, 0.717) is 5.03 Å². The maximum absolute atomic E-state index is 12.0. The van der Waals surface area contributed by atoms with Crippen LogP contribution in [-0.4, -0.2) is 43.5 Å². The first kappa shape index (κ1) is 19.4. The summed E-state index contributed by atoms with van der Waals surface area (Å²) in [5.41, 5.74) is 3.04. The van der Waals surface area contributed by atoms with E-state index in [-0.39, 0.29) is 16.6 Å². The van der Waals surface area contributed by atoms with Gasteiger partial charge in [0.15, 0.2) is 0 Å². The van der Waals surface area contributed by atoms with E-state index < -0.39 is 10.0 Å². The van der Waals surface area contributed by atoms with E-state index in [4.69, 9.17) is 0 Å². The Kier molecular flexibility index (Phi) is 6.21. The van der Waals surface area contributed by atoms with Crippen LogP contribution in [0.5, 0.6) is 0 Å². The number of aromatic nitrogens is 1. The van der Waals surface area contributed by atoms with E-state index in [1.807, 2.05) is 32.0 Å². The predicted octanol–water partition coefficient (Wildman–Crippen LogP) is 2.68. The molecule has 0 bridgehead atoms. The number of hydrogen-bond donors (Lipinski definition) is 1. The summed E-state index contributed by atoms with van der Waals surface area (Å²) in [4.78, 5) is 16.3. The Bertz CT molecular complexity index is 863. The van der Waals surface area contributed by atoms with Crippen molar-refractivity contribution < 1.29 is 13.2 Å². The highest BCUT2D eigenvalue weighted by molar-refractivity contribution is 7.99. The second-order valence-corrected chi connectivity index (χ2v) is 8.90. The van der Waals surface area contributed by atoms with Crippen LogP contribution in [0.1, 0.15) is 11.1 Å². The number of hydrogen-bond acceptors (Lipinski definition) is 5. The highest BCUT2D eigenvalue weighted by atomic mass is 32.2. The molecule has 0 aliphatic rings. The number of nitrogens with zero attached hydrogens (tertiary/aromatic N) is 2. The molecule has 1 N–H and O–H groups in total. The van der Waals surface area contributed by atoms with Gasteiger partial charge in [-0.15, -0.1) is 0 Å². The molecule has 0 aliphatic heterocycles. The predicted molar refractivity (Wildman–Crippen MR) is 100 cm³/mol. The lowest BCUT2D eigenvalue weighted by Crippen LogP contribution is -2.22. The normalized spacial score (nSPS) is 11.6. The monoisotopic (exact) mass is 379 g/mol. The lowest BCUT2D eigenvalue weighted by molar-refractivity contribution is -0.113. The van der Waals surface area contributed by atoms with Gasteiger partial charge in [0.25, 0.3) is 0 Å². The van der Waals surface area contributed by atoms with Gasteiger partial charge in [-0.25, -0.2) is 17.7 Å². The summed E-state index contributed by atoms with van der Waals surface area (Å²) in [6.07, 6.45) is 1.30. The Balaban J connectivity index is 1.94. The molecule has 0 saturated heterocycles. The van der Waals surface area contributed by atoms with Crippen molar-refractivity contribution >= 4 is 33.4 Å². The smallest absolute Gasteiger partial charge is 0.244 e. The number of nitrogens with one attached hydrogen (secondary N) is 1.